The lowest BCUT2D eigenvalue weighted by Crippen LogP contribution is -2.38. The van der Waals surface area contributed by atoms with Crippen LogP contribution in [0.25, 0.3) is 10.1 Å². The third-order valence-electron chi connectivity index (χ3n) is 5.65. The molecule has 0 saturated carbocycles. The number of ether oxygens (including phenoxy) is 1. The number of hydrogen-bond acceptors (Lipinski definition) is 6. The standard InChI is InChI=1S/C22H24ClN2O5PS/c1-13-16-11-18(28-2)17(26)9-14(16)10-21(24-31(27,29-3)30-4)25(13)12-20-22(23)15-7-5-6-8-19(15)32-20/h5-9,11,13,26H,10,12H2,1-4H3/b24-21-. The third-order valence-corrected chi connectivity index (χ3v) is 8.75. The number of benzene rings is 2. The van der Waals surface area contributed by atoms with Crippen LogP contribution in [-0.2, 0) is 26.6 Å². The molecule has 1 aromatic heterocycles. The minimum atomic E-state index is -3.67. The maximum absolute atomic E-state index is 12.9. The number of halogens is 1. The van der Waals surface area contributed by atoms with Crippen molar-refractivity contribution in [3.8, 4) is 11.5 Å². The molecule has 170 valence electrons. The van der Waals surface area contributed by atoms with Gasteiger partial charge in [0, 0.05) is 35.6 Å². The second-order valence-electron chi connectivity index (χ2n) is 7.39. The first-order valence-electron chi connectivity index (χ1n) is 9.93. The number of hydrogen-bond donors (Lipinski definition) is 1. The molecule has 0 spiro atoms. The Labute approximate surface area is 195 Å². The molecule has 0 bridgehead atoms. The van der Waals surface area contributed by atoms with Gasteiger partial charge in [-0.05, 0) is 36.2 Å². The van der Waals surface area contributed by atoms with Gasteiger partial charge in [0.2, 0.25) is 0 Å². The van der Waals surface area contributed by atoms with Gasteiger partial charge in [-0.15, -0.1) is 11.3 Å². The molecule has 3 aromatic rings. The number of rotatable bonds is 6. The van der Waals surface area contributed by atoms with E-state index in [0.717, 1.165) is 26.1 Å². The van der Waals surface area contributed by atoms with E-state index in [1.165, 1.54) is 21.3 Å². The van der Waals surface area contributed by atoms with Gasteiger partial charge in [-0.3, -0.25) is 9.05 Å². The number of amidine groups is 1. The monoisotopic (exact) mass is 494 g/mol. The summed E-state index contributed by atoms with van der Waals surface area (Å²) in [5, 5.41) is 12.0. The Kier molecular flexibility index (Phi) is 6.52. The first-order chi connectivity index (χ1) is 15.3. The van der Waals surface area contributed by atoms with Crippen molar-refractivity contribution in [1.29, 1.82) is 0 Å². The summed E-state index contributed by atoms with van der Waals surface area (Å²) in [5.41, 5.74) is 1.85. The average Bonchev–Trinajstić information content (AvgIpc) is 3.11. The summed E-state index contributed by atoms with van der Waals surface area (Å²) >= 11 is 8.33. The normalized spacial score (nSPS) is 17.7. The highest BCUT2D eigenvalue weighted by Crippen LogP contribution is 2.50. The van der Waals surface area contributed by atoms with E-state index >= 15 is 0 Å². The predicted octanol–water partition coefficient (Wildman–Crippen LogP) is 6.19. The Morgan fingerprint density at radius 3 is 2.62 bits per heavy atom. The summed E-state index contributed by atoms with van der Waals surface area (Å²) in [5.74, 6) is 0.978. The lowest BCUT2D eigenvalue weighted by atomic mass is 9.92. The molecule has 7 nitrogen and oxygen atoms in total. The van der Waals surface area contributed by atoms with Crippen molar-refractivity contribution in [2.45, 2.75) is 25.9 Å². The molecule has 32 heavy (non-hydrogen) atoms. The summed E-state index contributed by atoms with van der Waals surface area (Å²) in [4.78, 5) is 3.02. The Morgan fingerprint density at radius 2 is 1.97 bits per heavy atom. The van der Waals surface area contributed by atoms with Gasteiger partial charge >= 0.3 is 7.75 Å². The summed E-state index contributed by atoms with van der Waals surface area (Å²) in [6.45, 7) is 2.49. The molecule has 1 unspecified atom stereocenters. The zero-order chi connectivity index (χ0) is 23.0. The summed E-state index contributed by atoms with van der Waals surface area (Å²) in [6, 6.07) is 11.3. The van der Waals surface area contributed by atoms with E-state index in [0.29, 0.717) is 29.6 Å². The number of aromatic hydroxyl groups is 1. The van der Waals surface area contributed by atoms with Gasteiger partial charge in [-0.1, -0.05) is 29.8 Å². The molecule has 2 heterocycles. The number of phenols is 1. The molecule has 1 aliphatic heterocycles. The van der Waals surface area contributed by atoms with Crippen molar-refractivity contribution in [3.63, 3.8) is 0 Å². The molecule has 4 rings (SSSR count). The lowest BCUT2D eigenvalue weighted by molar-refractivity contribution is 0.273. The average molecular weight is 495 g/mol. The van der Waals surface area contributed by atoms with Crippen LogP contribution in [0.4, 0.5) is 0 Å². The molecule has 0 saturated heterocycles. The zero-order valence-electron chi connectivity index (χ0n) is 18.2. The molecule has 1 atom stereocenters. The smallest absolute Gasteiger partial charge is 0.454 e. The number of phenolic OH excluding ortho intramolecular Hbond substituents is 1. The van der Waals surface area contributed by atoms with Gasteiger partial charge in [0.25, 0.3) is 0 Å². The lowest BCUT2D eigenvalue weighted by Gasteiger charge is -2.38. The molecule has 0 aliphatic carbocycles. The molecule has 0 amide bonds. The molecule has 2 aromatic carbocycles. The topological polar surface area (TPSA) is 80.6 Å². The van der Waals surface area contributed by atoms with Crippen molar-refractivity contribution in [2.75, 3.05) is 21.3 Å². The Bertz CT molecular complexity index is 1240. The zero-order valence-corrected chi connectivity index (χ0v) is 20.6. The van der Waals surface area contributed by atoms with Crippen LogP contribution in [-0.4, -0.2) is 37.2 Å². The van der Waals surface area contributed by atoms with E-state index in [1.807, 2.05) is 42.2 Å². The first-order valence-corrected chi connectivity index (χ1v) is 12.6. The molecular formula is C22H24ClN2O5PS. The van der Waals surface area contributed by atoms with Crippen LogP contribution in [0.15, 0.2) is 41.2 Å². The Morgan fingerprint density at radius 1 is 1.25 bits per heavy atom. The van der Waals surface area contributed by atoms with Crippen molar-refractivity contribution in [3.05, 3.63) is 57.4 Å². The van der Waals surface area contributed by atoms with E-state index < -0.39 is 7.75 Å². The second kappa shape index (κ2) is 9.04. The maximum atomic E-state index is 12.9. The molecule has 1 N–H and O–H groups in total. The summed E-state index contributed by atoms with van der Waals surface area (Å²) < 4.78 is 33.8. The predicted molar refractivity (Wildman–Crippen MR) is 128 cm³/mol. The van der Waals surface area contributed by atoms with Crippen LogP contribution in [0.5, 0.6) is 11.5 Å². The fraction of sp³-hybridized carbons (Fsp3) is 0.318. The number of thiophene rings is 1. The van der Waals surface area contributed by atoms with E-state index in [4.69, 9.17) is 25.4 Å². The van der Waals surface area contributed by atoms with Gasteiger partial charge < -0.3 is 14.7 Å². The molecule has 10 heteroatoms. The SMILES string of the molecule is COc1cc2c(cc1O)C/C(=N/P(=O)(OC)OC)N(Cc1sc3ccccc3c1Cl)C2C. The van der Waals surface area contributed by atoms with Crippen molar-refractivity contribution in [1.82, 2.24) is 4.90 Å². The molecule has 0 radical (unpaired) electrons. The quantitative estimate of drug-likeness (QED) is 0.412. The van der Waals surface area contributed by atoms with Gasteiger partial charge in [0.15, 0.2) is 11.5 Å². The second-order valence-corrected chi connectivity index (χ2v) is 10.8. The number of fused-ring (bicyclic) bond motifs is 2. The highest BCUT2D eigenvalue weighted by molar-refractivity contribution is 7.52. The minimum absolute atomic E-state index is 0.0421. The first kappa shape index (κ1) is 23.1. The van der Waals surface area contributed by atoms with Gasteiger partial charge in [-0.25, -0.2) is 4.57 Å². The van der Waals surface area contributed by atoms with E-state index in [1.54, 1.807) is 17.4 Å². The van der Waals surface area contributed by atoms with E-state index in [2.05, 4.69) is 4.76 Å². The van der Waals surface area contributed by atoms with Crippen LogP contribution >= 0.6 is 30.7 Å². The van der Waals surface area contributed by atoms with Gasteiger partial charge in [0.05, 0.1) is 24.7 Å². The van der Waals surface area contributed by atoms with Crippen LogP contribution < -0.4 is 4.74 Å². The third kappa shape index (κ3) is 4.14. The Balaban J connectivity index is 1.83. The van der Waals surface area contributed by atoms with Crippen LogP contribution in [0.3, 0.4) is 0 Å². The number of nitrogens with zero attached hydrogens (tertiary/aromatic N) is 2. The molecule has 0 fully saturated rings. The van der Waals surface area contributed by atoms with E-state index in [9.17, 15) is 9.67 Å². The summed E-state index contributed by atoms with van der Waals surface area (Å²) in [6.07, 6.45) is 0.344. The largest absolute Gasteiger partial charge is 0.504 e. The highest BCUT2D eigenvalue weighted by atomic mass is 35.5. The minimum Gasteiger partial charge on any atom is -0.504 e. The van der Waals surface area contributed by atoms with Crippen LogP contribution in [0.1, 0.15) is 29.0 Å². The van der Waals surface area contributed by atoms with Crippen molar-refractivity contribution >= 4 is 46.6 Å². The van der Waals surface area contributed by atoms with E-state index in [-0.39, 0.29) is 11.8 Å². The fourth-order valence-corrected chi connectivity index (χ4v) is 6.21. The van der Waals surface area contributed by atoms with Crippen molar-refractivity contribution < 1.29 is 23.5 Å². The number of methoxy groups -OCH3 is 1. The van der Waals surface area contributed by atoms with Gasteiger partial charge in [-0.2, -0.15) is 4.76 Å². The molecular weight excluding hydrogens is 471 g/mol. The summed E-state index contributed by atoms with van der Waals surface area (Å²) in [7, 11) is 0.458. The van der Waals surface area contributed by atoms with Gasteiger partial charge in [0.1, 0.15) is 5.84 Å². The van der Waals surface area contributed by atoms with Crippen molar-refractivity contribution in [2.24, 2.45) is 4.76 Å². The maximum Gasteiger partial charge on any atom is 0.454 e. The fourth-order valence-electron chi connectivity index (χ4n) is 3.94. The van der Waals surface area contributed by atoms with Crippen LogP contribution in [0.2, 0.25) is 5.02 Å². The Hall–Kier alpha value is -2.09. The highest BCUT2D eigenvalue weighted by Gasteiger charge is 2.33. The van der Waals surface area contributed by atoms with Crippen LogP contribution in [0, 0.1) is 0 Å². The molecule has 1 aliphatic rings.